The van der Waals surface area contributed by atoms with Gasteiger partial charge in [-0.3, -0.25) is 0 Å². The Morgan fingerprint density at radius 2 is 2.38 bits per heavy atom. The molecule has 0 unspecified atom stereocenters. The number of rotatable bonds is 3. The summed E-state index contributed by atoms with van der Waals surface area (Å²) in [5, 5.41) is 3.09. The van der Waals surface area contributed by atoms with Crippen LogP contribution in [0.4, 0.5) is 0 Å². The standard InChI is InChI=1S/C5H11NO2/c1-7-4-8-5-2-6-3-5/h5-6H,2-4H2,1H3. The van der Waals surface area contributed by atoms with Crippen LogP contribution in [0, 0.1) is 0 Å². The number of ether oxygens (including phenoxy) is 2. The zero-order valence-corrected chi connectivity index (χ0v) is 5.02. The highest BCUT2D eigenvalue weighted by Gasteiger charge is 2.15. The quantitative estimate of drug-likeness (QED) is 0.509. The molecule has 1 aliphatic heterocycles. The molecule has 0 aromatic carbocycles. The highest BCUT2D eigenvalue weighted by atomic mass is 16.7. The molecule has 0 radical (unpaired) electrons. The number of hydrogen-bond donors (Lipinski definition) is 1. The van der Waals surface area contributed by atoms with Crippen molar-refractivity contribution in [2.75, 3.05) is 27.0 Å². The maximum absolute atomic E-state index is 5.14. The molecule has 1 N–H and O–H groups in total. The summed E-state index contributed by atoms with van der Waals surface area (Å²) in [5.74, 6) is 0. The minimum Gasteiger partial charge on any atom is -0.359 e. The van der Waals surface area contributed by atoms with Gasteiger partial charge < -0.3 is 14.8 Å². The van der Waals surface area contributed by atoms with E-state index in [0.29, 0.717) is 12.9 Å². The lowest BCUT2D eigenvalue weighted by molar-refractivity contribution is -0.0869. The van der Waals surface area contributed by atoms with Crippen LogP contribution >= 0.6 is 0 Å². The zero-order valence-electron chi connectivity index (χ0n) is 5.02. The molecule has 1 saturated heterocycles. The fourth-order valence-electron chi connectivity index (χ4n) is 0.544. The summed E-state index contributed by atoms with van der Waals surface area (Å²) < 4.78 is 9.84. The van der Waals surface area contributed by atoms with Crippen LogP contribution in [-0.4, -0.2) is 33.1 Å². The lowest BCUT2D eigenvalue weighted by Gasteiger charge is -2.26. The molecule has 0 atom stereocenters. The Hall–Kier alpha value is -0.120. The summed E-state index contributed by atoms with van der Waals surface area (Å²) in [5.41, 5.74) is 0. The highest BCUT2D eigenvalue weighted by molar-refractivity contribution is 4.73. The Morgan fingerprint density at radius 3 is 2.75 bits per heavy atom. The van der Waals surface area contributed by atoms with Crippen LogP contribution in [0.1, 0.15) is 0 Å². The number of methoxy groups -OCH3 is 1. The number of nitrogens with one attached hydrogen (secondary N) is 1. The van der Waals surface area contributed by atoms with Crippen molar-refractivity contribution in [3.8, 4) is 0 Å². The molecule has 1 fully saturated rings. The second-order valence-electron chi connectivity index (χ2n) is 1.85. The lowest BCUT2D eigenvalue weighted by Crippen LogP contribution is -2.48. The average Bonchev–Trinajstić information content (AvgIpc) is 1.63. The first-order valence-electron chi connectivity index (χ1n) is 2.74. The van der Waals surface area contributed by atoms with Gasteiger partial charge in [-0.2, -0.15) is 0 Å². The minimum absolute atomic E-state index is 0.398. The Morgan fingerprint density at radius 1 is 1.62 bits per heavy atom. The van der Waals surface area contributed by atoms with Gasteiger partial charge in [0, 0.05) is 20.2 Å². The van der Waals surface area contributed by atoms with E-state index in [1.54, 1.807) is 7.11 Å². The summed E-state index contributed by atoms with van der Waals surface area (Å²) >= 11 is 0. The van der Waals surface area contributed by atoms with Gasteiger partial charge in [0.05, 0.1) is 6.10 Å². The first-order chi connectivity index (χ1) is 3.93. The normalized spacial score (nSPS) is 20.6. The molecule has 0 aromatic rings. The van der Waals surface area contributed by atoms with Crippen molar-refractivity contribution in [2.24, 2.45) is 0 Å². The maximum atomic E-state index is 5.14. The molecule has 1 aliphatic rings. The van der Waals surface area contributed by atoms with Crippen LogP contribution in [-0.2, 0) is 9.47 Å². The molecule has 0 amide bonds. The lowest BCUT2D eigenvalue weighted by atomic mass is 10.2. The molecule has 1 heterocycles. The van der Waals surface area contributed by atoms with Gasteiger partial charge in [-0.05, 0) is 0 Å². The smallest absolute Gasteiger partial charge is 0.146 e. The molecule has 0 saturated carbocycles. The van der Waals surface area contributed by atoms with Gasteiger partial charge in [-0.15, -0.1) is 0 Å². The first-order valence-corrected chi connectivity index (χ1v) is 2.74. The number of hydrogen-bond acceptors (Lipinski definition) is 3. The second kappa shape index (κ2) is 3.02. The van der Waals surface area contributed by atoms with Gasteiger partial charge >= 0.3 is 0 Å². The Balaban J connectivity index is 1.86. The Bertz CT molecular complexity index is 63.4. The summed E-state index contributed by atoms with van der Waals surface area (Å²) in [7, 11) is 1.63. The topological polar surface area (TPSA) is 30.5 Å². The summed E-state index contributed by atoms with van der Waals surface area (Å²) in [6, 6.07) is 0. The van der Waals surface area contributed by atoms with Crippen molar-refractivity contribution >= 4 is 0 Å². The van der Waals surface area contributed by atoms with Gasteiger partial charge in [0.2, 0.25) is 0 Å². The Kier molecular flexibility index (Phi) is 2.27. The molecule has 3 heteroatoms. The predicted octanol–water partition coefficient (Wildman–Crippen LogP) is -0.421. The van der Waals surface area contributed by atoms with Crippen molar-refractivity contribution in [3.05, 3.63) is 0 Å². The van der Waals surface area contributed by atoms with E-state index in [1.807, 2.05) is 0 Å². The molecule has 0 spiro atoms. The fraction of sp³-hybridized carbons (Fsp3) is 1.00. The molecule has 0 aliphatic carbocycles. The average molecular weight is 117 g/mol. The molecule has 0 aromatic heterocycles. The molecular formula is C5H11NO2. The first kappa shape index (κ1) is 6.01. The van der Waals surface area contributed by atoms with Crippen molar-refractivity contribution in [2.45, 2.75) is 6.10 Å². The van der Waals surface area contributed by atoms with Gasteiger partial charge in [0.15, 0.2) is 0 Å². The van der Waals surface area contributed by atoms with Crippen molar-refractivity contribution < 1.29 is 9.47 Å². The van der Waals surface area contributed by atoms with Gasteiger partial charge in [-0.25, -0.2) is 0 Å². The van der Waals surface area contributed by atoms with Crippen LogP contribution < -0.4 is 5.32 Å². The van der Waals surface area contributed by atoms with E-state index in [4.69, 9.17) is 9.47 Å². The monoisotopic (exact) mass is 117 g/mol. The predicted molar refractivity (Wildman–Crippen MR) is 29.6 cm³/mol. The largest absolute Gasteiger partial charge is 0.359 e. The molecular weight excluding hydrogens is 106 g/mol. The third-order valence-corrected chi connectivity index (χ3v) is 1.17. The Labute approximate surface area is 49.0 Å². The summed E-state index contributed by atoms with van der Waals surface area (Å²) in [6.45, 7) is 2.37. The van der Waals surface area contributed by atoms with E-state index in [2.05, 4.69) is 5.32 Å². The van der Waals surface area contributed by atoms with Crippen LogP contribution in [0.3, 0.4) is 0 Å². The summed E-state index contributed by atoms with van der Waals surface area (Å²) in [6.07, 6.45) is 0.398. The summed E-state index contributed by atoms with van der Waals surface area (Å²) in [4.78, 5) is 0. The van der Waals surface area contributed by atoms with Gasteiger partial charge in [0.25, 0.3) is 0 Å². The molecule has 48 valence electrons. The second-order valence-corrected chi connectivity index (χ2v) is 1.85. The van der Waals surface area contributed by atoms with Crippen LogP contribution in [0.5, 0.6) is 0 Å². The van der Waals surface area contributed by atoms with E-state index < -0.39 is 0 Å². The van der Waals surface area contributed by atoms with Crippen molar-refractivity contribution in [1.29, 1.82) is 0 Å². The molecule has 1 rings (SSSR count). The molecule has 8 heavy (non-hydrogen) atoms. The van der Waals surface area contributed by atoms with Crippen molar-refractivity contribution in [1.82, 2.24) is 5.32 Å². The van der Waals surface area contributed by atoms with E-state index in [9.17, 15) is 0 Å². The van der Waals surface area contributed by atoms with Gasteiger partial charge in [-0.1, -0.05) is 0 Å². The molecule has 3 nitrogen and oxygen atoms in total. The van der Waals surface area contributed by atoms with E-state index in [-0.39, 0.29) is 0 Å². The zero-order chi connectivity index (χ0) is 5.82. The van der Waals surface area contributed by atoms with Gasteiger partial charge in [0.1, 0.15) is 6.79 Å². The third-order valence-electron chi connectivity index (χ3n) is 1.17. The van der Waals surface area contributed by atoms with Crippen molar-refractivity contribution in [3.63, 3.8) is 0 Å². The SMILES string of the molecule is COCOC1CNC1. The van der Waals surface area contributed by atoms with E-state index in [1.165, 1.54) is 0 Å². The minimum atomic E-state index is 0.398. The van der Waals surface area contributed by atoms with E-state index in [0.717, 1.165) is 13.1 Å². The van der Waals surface area contributed by atoms with Crippen LogP contribution in [0.25, 0.3) is 0 Å². The van der Waals surface area contributed by atoms with Crippen LogP contribution in [0.2, 0.25) is 0 Å². The maximum Gasteiger partial charge on any atom is 0.146 e. The van der Waals surface area contributed by atoms with E-state index >= 15 is 0 Å². The third kappa shape index (κ3) is 1.43. The molecule has 0 bridgehead atoms. The van der Waals surface area contributed by atoms with Crippen LogP contribution in [0.15, 0.2) is 0 Å². The fourth-order valence-corrected chi connectivity index (χ4v) is 0.544. The highest BCUT2D eigenvalue weighted by Crippen LogP contribution is 1.96.